The van der Waals surface area contributed by atoms with Gasteiger partial charge in [-0.05, 0) is 18.2 Å². The summed E-state index contributed by atoms with van der Waals surface area (Å²) in [5, 5.41) is 0.199. The number of thioether (sulfide) groups is 1. The summed E-state index contributed by atoms with van der Waals surface area (Å²) in [5.41, 5.74) is 0.451. The predicted molar refractivity (Wildman–Crippen MR) is 90.4 cm³/mol. The molecule has 0 aromatic heterocycles. The fourth-order valence-electron chi connectivity index (χ4n) is 2.69. The Morgan fingerprint density at radius 1 is 1.48 bits per heavy atom. The average Bonchev–Trinajstić information content (AvgIpc) is 2.93. The molecule has 1 aromatic carbocycles. The summed E-state index contributed by atoms with van der Waals surface area (Å²) in [6, 6.07) is 3.90. The molecule has 0 aliphatic carbocycles. The van der Waals surface area contributed by atoms with Gasteiger partial charge in [-0.15, -0.1) is 0 Å². The number of halogens is 2. The van der Waals surface area contributed by atoms with Gasteiger partial charge >= 0.3 is 0 Å². The largest absolute Gasteiger partial charge is 0.315 e. The van der Waals surface area contributed by atoms with Crippen molar-refractivity contribution in [3.05, 3.63) is 29.0 Å². The number of anilines is 1. The van der Waals surface area contributed by atoms with E-state index >= 15 is 0 Å². The van der Waals surface area contributed by atoms with Crippen LogP contribution in [-0.2, 0) is 14.6 Å². The average molecular weight is 377 g/mol. The fourth-order valence-corrected chi connectivity index (χ4v) is 6.74. The molecule has 124 valence electrons. The van der Waals surface area contributed by atoms with E-state index in [2.05, 4.69) is 4.99 Å². The summed E-state index contributed by atoms with van der Waals surface area (Å²) >= 11 is 6.97. The number of carbonyl (C=O) groups is 1. The van der Waals surface area contributed by atoms with Crippen molar-refractivity contribution in [3.8, 4) is 0 Å². The van der Waals surface area contributed by atoms with E-state index in [0.717, 1.165) is 0 Å². The second-order valence-electron chi connectivity index (χ2n) is 5.41. The number of fused-ring (bicyclic) bond motifs is 1. The lowest BCUT2D eigenvalue weighted by molar-refractivity contribution is -0.117. The van der Waals surface area contributed by atoms with E-state index in [4.69, 9.17) is 11.6 Å². The minimum Gasteiger partial charge on any atom is -0.315 e. The van der Waals surface area contributed by atoms with Crippen molar-refractivity contribution in [2.45, 2.75) is 24.6 Å². The molecule has 1 amide bonds. The molecule has 0 radical (unpaired) electrons. The predicted octanol–water partition coefficient (Wildman–Crippen LogP) is 2.49. The van der Waals surface area contributed by atoms with Crippen molar-refractivity contribution in [1.29, 1.82) is 0 Å². The molecule has 0 saturated carbocycles. The van der Waals surface area contributed by atoms with Gasteiger partial charge < -0.3 is 4.90 Å². The van der Waals surface area contributed by atoms with Gasteiger partial charge in [0, 0.05) is 17.4 Å². The summed E-state index contributed by atoms with van der Waals surface area (Å²) in [6.45, 7) is 1.70. The Labute approximate surface area is 142 Å². The second kappa shape index (κ2) is 6.07. The standard InChI is InChI=1S/C14H14ClFN2O3S2/c1-2-13(19)17-14-18(8-3-4-9(15)10(16)5-8)11-6-23(20,21)7-12(11)22-14/h3-5,11-12H,2,6-7H2,1H3/t11-,12+/m0/s1. The summed E-state index contributed by atoms with van der Waals surface area (Å²) in [7, 11) is -3.14. The maximum atomic E-state index is 13.8. The van der Waals surface area contributed by atoms with E-state index in [1.165, 1.54) is 23.9 Å². The Morgan fingerprint density at radius 3 is 2.87 bits per heavy atom. The van der Waals surface area contributed by atoms with Gasteiger partial charge in [-0.2, -0.15) is 4.99 Å². The topological polar surface area (TPSA) is 66.8 Å². The number of benzene rings is 1. The molecule has 0 unspecified atom stereocenters. The smallest absolute Gasteiger partial charge is 0.247 e. The zero-order valence-corrected chi connectivity index (χ0v) is 14.6. The number of sulfone groups is 1. The zero-order chi connectivity index (χ0) is 16.8. The molecule has 5 nitrogen and oxygen atoms in total. The van der Waals surface area contributed by atoms with Crippen LogP contribution in [0.1, 0.15) is 13.3 Å². The molecule has 2 fully saturated rings. The lowest BCUT2D eigenvalue weighted by Gasteiger charge is -2.24. The van der Waals surface area contributed by atoms with Gasteiger partial charge in [0.2, 0.25) is 5.91 Å². The van der Waals surface area contributed by atoms with Crippen LogP contribution >= 0.6 is 23.4 Å². The highest BCUT2D eigenvalue weighted by Gasteiger charge is 2.49. The van der Waals surface area contributed by atoms with Crippen LogP contribution in [-0.4, -0.2) is 42.3 Å². The highest BCUT2D eigenvalue weighted by Crippen LogP contribution is 2.41. The quantitative estimate of drug-likeness (QED) is 0.793. The number of carbonyl (C=O) groups excluding carboxylic acids is 1. The first-order valence-corrected chi connectivity index (χ1v) is 10.1. The number of hydrogen-bond donors (Lipinski definition) is 0. The first-order valence-electron chi connectivity index (χ1n) is 7.03. The van der Waals surface area contributed by atoms with E-state index in [1.54, 1.807) is 17.9 Å². The van der Waals surface area contributed by atoms with Crippen LogP contribution in [0.4, 0.5) is 10.1 Å². The van der Waals surface area contributed by atoms with Gasteiger partial charge in [-0.25, -0.2) is 12.8 Å². The first kappa shape index (κ1) is 16.7. The van der Waals surface area contributed by atoms with Crippen molar-refractivity contribution >= 4 is 50.0 Å². The molecule has 23 heavy (non-hydrogen) atoms. The molecule has 2 heterocycles. The van der Waals surface area contributed by atoms with E-state index in [0.29, 0.717) is 10.9 Å². The minimum atomic E-state index is -3.14. The highest BCUT2D eigenvalue weighted by molar-refractivity contribution is 8.16. The van der Waals surface area contributed by atoms with Crippen molar-refractivity contribution in [1.82, 2.24) is 0 Å². The second-order valence-corrected chi connectivity index (χ2v) is 9.18. The van der Waals surface area contributed by atoms with Crippen molar-refractivity contribution in [2.75, 3.05) is 16.4 Å². The molecular formula is C14H14ClFN2O3S2. The van der Waals surface area contributed by atoms with Crippen LogP contribution < -0.4 is 4.90 Å². The summed E-state index contributed by atoms with van der Waals surface area (Å²) in [5.74, 6) is -0.892. The van der Waals surface area contributed by atoms with Crippen molar-refractivity contribution < 1.29 is 17.6 Å². The zero-order valence-electron chi connectivity index (χ0n) is 12.2. The summed E-state index contributed by atoms with van der Waals surface area (Å²) < 4.78 is 37.6. The lowest BCUT2D eigenvalue weighted by atomic mass is 10.2. The molecule has 2 atom stereocenters. The van der Waals surface area contributed by atoms with Gasteiger partial charge in [-0.3, -0.25) is 4.79 Å². The molecule has 1 aromatic rings. The SMILES string of the molecule is CCC(=O)N=C1S[C@@H]2CS(=O)(=O)C[C@@H]2N1c1ccc(Cl)c(F)c1. The maximum absolute atomic E-state index is 13.8. The van der Waals surface area contributed by atoms with Crippen molar-refractivity contribution in [3.63, 3.8) is 0 Å². The number of hydrogen-bond acceptors (Lipinski definition) is 4. The Kier molecular flexibility index (Phi) is 4.41. The minimum absolute atomic E-state index is 0.0145. The van der Waals surface area contributed by atoms with Crippen LogP contribution in [0, 0.1) is 5.82 Å². The highest BCUT2D eigenvalue weighted by atomic mass is 35.5. The molecule has 2 aliphatic rings. The molecule has 2 saturated heterocycles. The monoisotopic (exact) mass is 376 g/mol. The van der Waals surface area contributed by atoms with E-state index < -0.39 is 15.7 Å². The molecule has 0 bridgehead atoms. The van der Waals surface area contributed by atoms with Crippen LogP contribution in [0.5, 0.6) is 0 Å². The Bertz CT molecular complexity index is 797. The Morgan fingerprint density at radius 2 is 2.22 bits per heavy atom. The third-order valence-corrected chi connectivity index (χ3v) is 7.29. The molecule has 0 spiro atoms. The van der Waals surface area contributed by atoms with Gasteiger partial charge in [-0.1, -0.05) is 30.3 Å². The number of aliphatic imine (C=N–C) groups is 1. The third kappa shape index (κ3) is 3.25. The number of rotatable bonds is 2. The van der Waals surface area contributed by atoms with Gasteiger partial charge in [0.25, 0.3) is 0 Å². The number of nitrogens with zero attached hydrogens (tertiary/aromatic N) is 2. The van der Waals surface area contributed by atoms with Crippen LogP contribution in [0.25, 0.3) is 0 Å². The molecule has 2 aliphatic heterocycles. The third-order valence-electron chi connectivity index (χ3n) is 3.77. The summed E-state index contributed by atoms with van der Waals surface area (Å²) in [4.78, 5) is 17.4. The molecule has 0 N–H and O–H groups in total. The van der Waals surface area contributed by atoms with E-state index in [1.807, 2.05) is 0 Å². The molecule has 9 heteroatoms. The summed E-state index contributed by atoms with van der Waals surface area (Å²) in [6.07, 6.45) is 0.251. The first-order chi connectivity index (χ1) is 10.8. The molecule has 3 rings (SSSR count). The fraction of sp³-hybridized carbons (Fsp3) is 0.429. The van der Waals surface area contributed by atoms with E-state index in [-0.39, 0.29) is 40.1 Å². The Hall–Kier alpha value is -1.12. The van der Waals surface area contributed by atoms with Crippen molar-refractivity contribution in [2.24, 2.45) is 4.99 Å². The van der Waals surface area contributed by atoms with Gasteiger partial charge in [0.15, 0.2) is 15.0 Å². The van der Waals surface area contributed by atoms with Crippen LogP contribution in [0.3, 0.4) is 0 Å². The van der Waals surface area contributed by atoms with Crippen LogP contribution in [0.15, 0.2) is 23.2 Å². The number of amides is 1. The normalized spacial score (nSPS) is 27.4. The Balaban J connectivity index is 2.04. The lowest BCUT2D eigenvalue weighted by Crippen LogP contribution is -2.37. The maximum Gasteiger partial charge on any atom is 0.247 e. The van der Waals surface area contributed by atoms with E-state index in [9.17, 15) is 17.6 Å². The van der Waals surface area contributed by atoms with Gasteiger partial charge in [0.1, 0.15) is 5.82 Å². The van der Waals surface area contributed by atoms with Gasteiger partial charge in [0.05, 0.1) is 22.6 Å². The number of amidine groups is 1. The molecular weight excluding hydrogens is 363 g/mol. The van der Waals surface area contributed by atoms with Crippen LogP contribution in [0.2, 0.25) is 5.02 Å².